The fourth-order valence-electron chi connectivity index (χ4n) is 1.97. The lowest BCUT2D eigenvalue weighted by Crippen LogP contribution is -2.29. The monoisotopic (exact) mass is 253 g/mol. The molecule has 1 fully saturated rings. The van der Waals surface area contributed by atoms with Gasteiger partial charge in [0.2, 0.25) is 5.91 Å². The van der Waals surface area contributed by atoms with E-state index in [9.17, 15) is 9.59 Å². The van der Waals surface area contributed by atoms with Crippen LogP contribution in [-0.2, 0) is 9.59 Å². The number of carbonyl (C=O) groups is 2. The molecule has 18 heavy (non-hydrogen) atoms. The van der Waals surface area contributed by atoms with Gasteiger partial charge in [-0.15, -0.1) is 0 Å². The lowest BCUT2D eigenvalue weighted by atomic mass is 10.1. The van der Waals surface area contributed by atoms with Crippen molar-refractivity contribution in [3.63, 3.8) is 0 Å². The van der Waals surface area contributed by atoms with Gasteiger partial charge in [0, 0.05) is 5.92 Å². The molecule has 0 aromatic rings. The summed E-state index contributed by atoms with van der Waals surface area (Å²) < 4.78 is 0. The number of allylic oxidation sites excluding steroid dienone is 1. The van der Waals surface area contributed by atoms with Gasteiger partial charge in [0.1, 0.15) is 5.70 Å². The van der Waals surface area contributed by atoms with Crippen molar-refractivity contribution in [1.82, 2.24) is 5.32 Å². The Morgan fingerprint density at radius 1 is 1.39 bits per heavy atom. The van der Waals surface area contributed by atoms with Gasteiger partial charge in [0.25, 0.3) is 0 Å². The Kier molecular flexibility index (Phi) is 4.93. The Labute approximate surface area is 108 Å². The van der Waals surface area contributed by atoms with Crippen molar-refractivity contribution in [2.24, 2.45) is 11.3 Å². The van der Waals surface area contributed by atoms with Crippen LogP contribution in [0.5, 0.6) is 0 Å². The number of nitrogens with one attached hydrogen (secondary N) is 1. The predicted octanol–water partition coefficient (Wildman–Crippen LogP) is 2.70. The van der Waals surface area contributed by atoms with Gasteiger partial charge in [-0.1, -0.05) is 39.7 Å². The second kappa shape index (κ2) is 6.03. The molecule has 0 radical (unpaired) electrons. The van der Waals surface area contributed by atoms with Gasteiger partial charge in [0.15, 0.2) is 0 Å². The molecule has 1 rings (SSSR count). The number of hydrogen-bond donors (Lipinski definition) is 2. The van der Waals surface area contributed by atoms with E-state index in [-0.39, 0.29) is 22.9 Å². The Morgan fingerprint density at radius 3 is 2.44 bits per heavy atom. The second-order valence-electron chi connectivity index (χ2n) is 5.65. The van der Waals surface area contributed by atoms with Crippen molar-refractivity contribution in [2.75, 3.05) is 0 Å². The first-order valence-electron chi connectivity index (χ1n) is 6.63. The zero-order valence-corrected chi connectivity index (χ0v) is 11.5. The number of carboxylic acids is 1. The first-order chi connectivity index (χ1) is 8.38. The van der Waals surface area contributed by atoms with E-state index in [1.165, 1.54) is 0 Å². The fourth-order valence-corrected chi connectivity index (χ4v) is 1.97. The molecular weight excluding hydrogens is 230 g/mol. The van der Waals surface area contributed by atoms with Crippen molar-refractivity contribution >= 4 is 11.9 Å². The van der Waals surface area contributed by atoms with Crippen LogP contribution in [-0.4, -0.2) is 17.0 Å². The predicted molar refractivity (Wildman–Crippen MR) is 69.9 cm³/mol. The van der Waals surface area contributed by atoms with Crippen molar-refractivity contribution in [3.05, 3.63) is 11.8 Å². The van der Waals surface area contributed by atoms with E-state index < -0.39 is 5.97 Å². The summed E-state index contributed by atoms with van der Waals surface area (Å²) in [6.45, 7) is 6.13. The largest absolute Gasteiger partial charge is 0.477 e. The number of rotatable bonds is 7. The number of carboxylic acid groups (broad SMARTS) is 1. The molecule has 1 saturated carbocycles. The number of carbonyl (C=O) groups excluding carboxylic acids is 1. The van der Waals surface area contributed by atoms with E-state index in [4.69, 9.17) is 5.11 Å². The van der Waals surface area contributed by atoms with E-state index in [1.54, 1.807) is 6.08 Å². The molecule has 1 aliphatic rings. The average molecular weight is 253 g/mol. The maximum Gasteiger partial charge on any atom is 0.352 e. The molecule has 1 amide bonds. The van der Waals surface area contributed by atoms with E-state index >= 15 is 0 Å². The summed E-state index contributed by atoms with van der Waals surface area (Å²) in [5.74, 6) is -1.27. The minimum absolute atomic E-state index is 0.0237. The Morgan fingerprint density at radius 2 is 2.00 bits per heavy atom. The Balaban J connectivity index is 2.48. The van der Waals surface area contributed by atoms with Crippen molar-refractivity contribution in [3.8, 4) is 0 Å². The van der Waals surface area contributed by atoms with E-state index in [1.807, 2.05) is 13.8 Å². The summed E-state index contributed by atoms with van der Waals surface area (Å²) in [5, 5.41) is 11.6. The molecule has 1 atom stereocenters. The molecule has 0 aromatic heterocycles. The Bertz CT molecular complexity index is 358. The molecule has 0 unspecified atom stereocenters. The van der Waals surface area contributed by atoms with Gasteiger partial charge >= 0.3 is 5.97 Å². The Hall–Kier alpha value is -1.32. The molecule has 0 aromatic carbocycles. The number of unbranched alkanes of at least 4 members (excludes halogenated alkanes) is 3. The van der Waals surface area contributed by atoms with Crippen LogP contribution in [0.1, 0.15) is 52.9 Å². The molecule has 0 aliphatic heterocycles. The molecule has 0 bridgehead atoms. The highest BCUT2D eigenvalue weighted by atomic mass is 16.4. The van der Waals surface area contributed by atoms with Gasteiger partial charge in [-0.2, -0.15) is 0 Å². The molecule has 0 spiro atoms. The standard InChI is InChI=1S/C14H23NO3/c1-4-5-6-7-8-11(13(17)18)15-12(16)10-9-14(10,2)3/h8,10H,4-7,9H2,1-3H3,(H,15,16)(H,17,18)/b11-8-/t10-/m1/s1. The van der Waals surface area contributed by atoms with Crippen LogP contribution in [0, 0.1) is 11.3 Å². The van der Waals surface area contributed by atoms with E-state index in [2.05, 4.69) is 12.2 Å². The number of amides is 1. The van der Waals surface area contributed by atoms with Gasteiger partial charge in [-0.05, 0) is 24.7 Å². The maximum atomic E-state index is 11.8. The maximum absolute atomic E-state index is 11.8. The van der Waals surface area contributed by atoms with Gasteiger partial charge in [-0.25, -0.2) is 4.79 Å². The second-order valence-corrected chi connectivity index (χ2v) is 5.65. The van der Waals surface area contributed by atoms with Crippen molar-refractivity contribution in [2.45, 2.75) is 52.9 Å². The average Bonchev–Trinajstić information content (AvgIpc) is 2.92. The fraction of sp³-hybridized carbons (Fsp3) is 0.714. The van der Waals surface area contributed by atoms with Gasteiger partial charge in [-0.3, -0.25) is 4.79 Å². The van der Waals surface area contributed by atoms with Crippen LogP contribution >= 0.6 is 0 Å². The first-order valence-corrected chi connectivity index (χ1v) is 6.63. The quantitative estimate of drug-likeness (QED) is 0.541. The van der Waals surface area contributed by atoms with Gasteiger partial charge in [0.05, 0.1) is 0 Å². The third kappa shape index (κ3) is 4.17. The molecule has 0 saturated heterocycles. The summed E-state index contributed by atoms with van der Waals surface area (Å²) in [4.78, 5) is 22.8. The van der Waals surface area contributed by atoms with Crippen LogP contribution in [0.15, 0.2) is 11.8 Å². The summed E-state index contributed by atoms with van der Waals surface area (Å²) in [5.41, 5.74) is 0.0504. The summed E-state index contributed by atoms with van der Waals surface area (Å²) in [7, 11) is 0. The first kappa shape index (κ1) is 14.7. The molecule has 4 heteroatoms. The molecule has 102 valence electrons. The topological polar surface area (TPSA) is 66.4 Å². The van der Waals surface area contributed by atoms with Crippen LogP contribution in [0.2, 0.25) is 0 Å². The van der Waals surface area contributed by atoms with E-state index in [0.29, 0.717) is 6.42 Å². The third-order valence-corrected chi connectivity index (χ3v) is 3.47. The molecule has 4 nitrogen and oxygen atoms in total. The minimum Gasteiger partial charge on any atom is -0.477 e. The van der Waals surface area contributed by atoms with Crippen LogP contribution in [0.3, 0.4) is 0 Å². The highest BCUT2D eigenvalue weighted by Crippen LogP contribution is 2.51. The smallest absolute Gasteiger partial charge is 0.352 e. The highest BCUT2D eigenvalue weighted by molar-refractivity contribution is 5.94. The minimum atomic E-state index is -1.06. The van der Waals surface area contributed by atoms with Crippen LogP contribution < -0.4 is 5.32 Å². The van der Waals surface area contributed by atoms with Crippen LogP contribution in [0.25, 0.3) is 0 Å². The van der Waals surface area contributed by atoms with Crippen molar-refractivity contribution in [1.29, 1.82) is 0 Å². The molecular formula is C14H23NO3. The summed E-state index contributed by atoms with van der Waals surface area (Å²) in [6, 6.07) is 0. The normalized spacial score (nSPS) is 21.5. The van der Waals surface area contributed by atoms with Gasteiger partial charge < -0.3 is 10.4 Å². The number of hydrogen-bond acceptors (Lipinski definition) is 2. The van der Waals surface area contributed by atoms with Crippen LogP contribution in [0.4, 0.5) is 0 Å². The summed E-state index contributed by atoms with van der Waals surface area (Å²) in [6.07, 6.45) is 6.28. The lowest BCUT2D eigenvalue weighted by molar-refractivity contribution is -0.135. The van der Waals surface area contributed by atoms with Crippen molar-refractivity contribution < 1.29 is 14.7 Å². The summed E-state index contributed by atoms with van der Waals surface area (Å²) >= 11 is 0. The zero-order chi connectivity index (χ0) is 13.8. The zero-order valence-electron chi connectivity index (χ0n) is 11.5. The SMILES string of the molecule is CCCCC/C=C(\NC(=O)[C@H]1CC1(C)C)C(=O)O. The molecule has 2 N–H and O–H groups in total. The van der Waals surface area contributed by atoms with E-state index in [0.717, 1.165) is 25.7 Å². The molecule has 1 aliphatic carbocycles. The molecule has 0 heterocycles. The highest BCUT2D eigenvalue weighted by Gasteiger charge is 2.50. The third-order valence-electron chi connectivity index (χ3n) is 3.47. The lowest BCUT2D eigenvalue weighted by Gasteiger charge is -2.07. The number of aliphatic carboxylic acids is 1.